The molecule has 0 saturated carbocycles. The minimum atomic E-state index is -0.431. The molecule has 0 aromatic heterocycles. The largest absolute Gasteiger partial charge is 0.444 e. The van der Waals surface area contributed by atoms with E-state index >= 15 is 0 Å². The van der Waals surface area contributed by atoms with Gasteiger partial charge in [0.2, 0.25) is 0 Å². The molecule has 0 unspecified atom stereocenters. The van der Waals surface area contributed by atoms with Crippen LogP contribution in [0.3, 0.4) is 0 Å². The number of carbonyl (C=O) groups excluding carboxylic acids is 1. The molecule has 0 bridgehead atoms. The molecule has 0 aliphatic heterocycles. The quantitative estimate of drug-likeness (QED) is 0.783. The molecule has 0 radical (unpaired) electrons. The number of hydrogen-bond donors (Lipinski definition) is 1. The van der Waals surface area contributed by atoms with Gasteiger partial charge >= 0.3 is 6.09 Å². The Labute approximate surface area is 128 Å². The molecule has 0 fully saturated rings. The van der Waals surface area contributed by atoms with E-state index in [1.807, 2.05) is 26.8 Å². The van der Waals surface area contributed by atoms with Crippen LogP contribution in [0.1, 0.15) is 39.2 Å². The highest BCUT2D eigenvalue weighted by Crippen LogP contribution is 2.06. The Morgan fingerprint density at radius 3 is 2.48 bits per heavy atom. The molecule has 0 heterocycles. The van der Waals surface area contributed by atoms with Gasteiger partial charge in [0.15, 0.2) is 0 Å². The molecule has 1 rings (SSSR count). The van der Waals surface area contributed by atoms with Gasteiger partial charge in [0, 0.05) is 13.1 Å². The average molecular weight is 292 g/mol. The highest BCUT2D eigenvalue weighted by Gasteiger charge is 2.15. The average Bonchev–Trinajstić information content (AvgIpc) is 2.37. The van der Waals surface area contributed by atoms with Gasteiger partial charge in [-0.3, -0.25) is 0 Å². The molecule has 118 valence electrons. The summed E-state index contributed by atoms with van der Waals surface area (Å²) < 4.78 is 5.18. The standard InChI is InChI=1S/C17H28N2O2/c1-17(2,3)21-16(20)18-12-8-9-13-19(4)14-15-10-6-5-7-11-15/h5-7,10-11H,8-9,12-14H2,1-4H3,(H,18,20). The highest BCUT2D eigenvalue weighted by atomic mass is 16.6. The van der Waals surface area contributed by atoms with E-state index in [-0.39, 0.29) is 6.09 Å². The number of unbranched alkanes of at least 4 members (excludes halogenated alkanes) is 1. The molecular formula is C17H28N2O2. The molecule has 1 N–H and O–H groups in total. The molecule has 1 aromatic carbocycles. The van der Waals surface area contributed by atoms with E-state index in [1.54, 1.807) is 0 Å². The number of amides is 1. The van der Waals surface area contributed by atoms with E-state index in [1.165, 1.54) is 5.56 Å². The summed E-state index contributed by atoms with van der Waals surface area (Å²) in [6.07, 6.45) is 1.68. The monoisotopic (exact) mass is 292 g/mol. The number of rotatable bonds is 7. The van der Waals surface area contributed by atoms with Crippen LogP contribution in [0.25, 0.3) is 0 Å². The summed E-state index contributed by atoms with van der Waals surface area (Å²) in [5.74, 6) is 0. The predicted octanol–water partition coefficient (Wildman–Crippen LogP) is 3.42. The van der Waals surface area contributed by atoms with Crippen molar-refractivity contribution in [3.63, 3.8) is 0 Å². The Kier molecular flexibility index (Phi) is 7.23. The van der Waals surface area contributed by atoms with E-state index in [0.717, 1.165) is 25.9 Å². The zero-order valence-corrected chi connectivity index (χ0v) is 13.7. The van der Waals surface area contributed by atoms with Gasteiger partial charge in [-0.05, 0) is 52.8 Å². The lowest BCUT2D eigenvalue weighted by Gasteiger charge is -2.20. The molecule has 21 heavy (non-hydrogen) atoms. The highest BCUT2D eigenvalue weighted by molar-refractivity contribution is 5.67. The van der Waals surface area contributed by atoms with E-state index in [2.05, 4.69) is 41.5 Å². The maximum Gasteiger partial charge on any atom is 0.407 e. The lowest BCUT2D eigenvalue weighted by atomic mass is 10.2. The van der Waals surface area contributed by atoms with Crippen LogP contribution < -0.4 is 5.32 Å². The van der Waals surface area contributed by atoms with Crippen LogP contribution in [-0.2, 0) is 11.3 Å². The third kappa shape index (κ3) is 9.08. The van der Waals surface area contributed by atoms with Gasteiger partial charge in [0.05, 0.1) is 0 Å². The molecule has 4 heteroatoms. The lowest BCUT2D eigenvalue weighted by molar-refractivity contribution is 0.0526. The molecule has 4 nitrogen and oxygen atoms in total. The van der Waals surface area contributed by atoms with Crippen LogP contribution in [-0.4, -0.2) is 36.7 Å². The maximum absolute atomic E-state index is 11.5. The van der Waals surface area contributed by atoms with Crippen molar-refractivity contribution < 1.29 is 9.53 Å². The SMILES string of the molecule is CN(CCCCNC(=O)OC(C)(C)C)Cc1ccccc1. The fraction of sp³-hybridized carbons (Fsp3) is 0.588. The summed E-state index contributed by atoms with van der Waals surface area (Å²) in [5.41, 5.74) is 0.895. The van der Waals surface area contributed by atoms with Crippen molar-refractivity contribution in [3.8, 4) is 0 Å². The third-order valence-corrected chi connectivity index (χ3v) is 2.93. The topological polar surface area (TPSA) is 41.6 Å². The van der Waals surface area contributed by atoms with Crippen molar-refractivity contribution >= 4 is 6.09 Å². The van der Waals surface area contributed by atoms with Crippen molar-refractivity contribution in [2.75, 3.05) is 20.1 Å². The fourth-order valence-electron chi connectivity index (χ4n) is 1.99. The molecule has 0 saturated heterocycles. The Bertz CT molecular complexity index is 413. The summed E-state index contributed by atoms with van der Waals surface area (Å²) in [7, 11) is 2.12. The number of carbonyl (C=O) groups is 1. The Morgan fingerprint density at radius 2 is 1.86 bits per heavy atom. The molecular weight excluding hydrogens is 264 g/mol. The van der Waals surface area contributed by atoms with Gasteiger partial charge in [-0.25, -0.2) is 4.79 Å². The number of nitrogens with one attached hydrogen (secondary N) is 1. The number of ether oxygens (including phenoxy) is 1. The first-order valence-corrected chi connectivity index (χ1v) is 7.56. The van der Waals surface area contributed by atoms with Gasteiger partial charge in [-0.1, -0.05) is 30.3 Å². The van der Waals surface area contributed by atoms with Crippen molar-refractivity contribution in [1.29, 1.82) is 0 Å². The molecule has 0 aliphatic carbocycles. The van der Waals surface area contributed by atoms with Gasteiger partial charge in [-0.15, -0.1) is 0 Å². The van der Waals surface area contributed by atoms with Crippen LogP contribution >= 0.6 is 0 Å². The maximum atomic E-state index is 11.5. The minimum absolute atomic E-state index is 0.333. The minimum Gasteiger partial charge on any atom is -0.444 e. The lowest BCUT2D eigenvalue weighted by Crippen LogP contribution is -2.33. The number of hydrogen-bond acceptors (Lipinski definition) is 3. The van der Waals surface area contributed by atoms with E-state index in [4.69, 9.17) is 4.74 Å². The molecule has 1 amide bonds. The van der Waals surface area contributed by atoms with E-state index in [9.17, 15) is 4.79 Å². The second-order valence-electron chi connectivity index (χ2n) is 6.36. The van der Waals surface area contributed by atoms with Gasteiger partial charge in [-0.2, -0.15) is 0 Å². The van der Waals surface area contributed by atoms with Crippen LogP contribution in [0.2, 0.25) is 0 Å². The first-order valence-electron chi connectivity index (χ1n) is 7.56. The van der Waals surface area contributed by atoms with Crippen molar-refractivity contribution in [2.45, 2.75) is 45.8 Å². The Balaban J connectivity index is 2.07. The van der Waals surface area contributed by atoms with Crippen LogP contribution in [0.15, 0.2) is 30.3 Å². The smallest absolute Gasteiger partial charge is 0.407 e. The first-order chi connectivity index (χ1) is 9.87. The number of nitrogens with zero attached hydrogens (tertiary/aromatic N) is 1. The Hall–Kier alpha value is -1.55. The fourth-order valence-corrected chi connectivity index (χ4v) is 1.99. The molecule has 0 spiro atoms. The third-order valence-electron chi connectivity index (χ3n) is 2.93. The first kappa shape index (κ1) is 17.5. The number of alkyl carbamates (subject to hydrolysis) is 1. The van der Waals surface area contributed by atoms with E-state index < -0.39 is 5.60 Å². The summed E-state index contributed by atoms with van der Waals surface area (Å²) in [6, 6.07) is 10.4. The molecule has 1 aromatic rings. The summed E-state index contributed by atoms with van der Waals surface area (Å²) in [5, 5.41) is 2.78. The second kappa shape index (κ2) is 8.67. The normalized spacial score (nSPS) is 11.5. The summed E-state index contributed by atoms with van der Waals surface area (Å²) >= 11 is 0. The molecule has 0 aliphatic rings. The summed E-state index contributed by atoms with van der Waals surface area (Å²) in [6.45, 7) is 8.24. The van der Waals surface area contributed by atoms with Crippen molar-refractivity contribution in [2.24, 2.45) is 0 Å². The zero-order chi connectivity index (χ0) is 15.7. The predicted molar refractivity (Wildman–Crippen MR) is 86.2 cm³/mol. The number of benzene rings is 1. The zero-order valence-electron chi connectivity index (χ0n) is 13.7. The van der Waals surface area contributed by atoms with Crippen LogP contribution in [0, 0.1) is 0 Å². The van der Waals surface area contributed by atoms with Crippen LogP contribution in [0.5, 0.6) is 0 Å². The molecule has 0 atom stereocenters. The van der Waals surface area contributed by atoms with Crippen LogP contribution in [0.4, 0.5) is 4.79 Å². The van der Waals surface area contributed by atoms with Gasteiger partial charge in [0.25, 0.3) is 0 Å². The van der Waals surface area contributed by atoms with Gasteiger partial charge < -0.3 is 15.0 Å². The van der Waals surface area contributed by atoms with Gasteiger partial charge in [0.1, 0.15) is 5.60 Å². The Morgan fingerprint density at radius 1 is 1.19 bits per heavy atom. The van der Waals surface area contributed by atoms with E-state index in [0.29, 0.717) is 6.54 Å². The van der Waals surface area contributed by atoms with Crippen molar-refractivity contribution in [3.05, 3.63) is 35.9 Å². The summed E-state index contributed by atoms with van der Waals surface area (Å²) in [4.78, 5) is 13.7. The second-order valence-corrected chi connectivity index (χ2v) is 6.36. The van der Waals surface area contributed by atoms with Crippen molar-refractivity contribution in [1.82, 2.24) is 10.2 Å².